The van der Waals surface area contributed by atoms with Crippen LogP contribution in [0.2, 0.25) is 0 Å². The monoisotopic (exact) mass is 586 g/mol. The van der Waals surface area contributed by atoms with Crippen molar-refractivity contribution in [2.45, 2.75) is 36.7 Å². The molecule has 5 unspecified atom stereocenters. The molecule has 2 aromatic rings. The lowest BCUT2D eigenvalue weighted by Crippen LogP contribution is -2.66. The lowest BCUT2D eigenvalue weighted by molar-refractivity contribution is -0.163. The highest BCUT2D eigenvalue weighted by Crippen LogP contribution is 2.66. The van der Waals surface area contributed by atoms with Gasteiger partial charge in [0.05, 0.1) is 11.9 Å². The molecule has 2 aromatic carbocycles. The number of fused-ring (bicyclic) bond motifs is 2. The number of benzene rings is 2. The van der Waals surface area contributed by atoms with Crippen molar-refractivity contribution in [1.29, 1.82) is 0 Å². The largest absolute Gasteiger partial charge is 0.341 e. The topological polar surface area (TPSA) is 142 Å². The maximum atomic E-state index is 14.1. The third kappa shape index (κ3) is 4.04. The maximum Gasteiger partial charge on any atom is 0.286 e. The Kier molecular flexibility index (Phi) is 5.51. The third-order valence-corrected chi connectivity index (χ3v) is 11.1. The number of hydrogen-bond donors (Lipinski definition) is 2. The second kappa shape index (κ2) is 8.59. The maximum absolute atomic E-state index is 14.1. The SMILES string of the molecule is CS(=O)(=O)Nc1ccc2c(c1)S(=O)(=O)N=C(C1C(=O)[C@@H]3C4CCC(C5CC54)[C@@H]3N(Cc3ccc(F)cc3)C1=O)N2. The highest BCUT2D eigenvalue weighted by atomic mass is 32.2. The average molecular weight is 587 g/mol. The Morgan fingerprint density at radius 2 is 1.75 bits per heavy atom. The van der Waals surface area contributed by atoms with Gasteiger partial charge >= 0.3 is 0 Å². The van der Waals surface area contributed by atoms with Crippen molar-refractivity contribution in [3.63, 3.8) is 0 Å². The first-order valence-electron chi connectivity index (χ1n) is 13.2. The number of piperidine rings is 1. The Morgan fingerprint density at radius 3 is 2.48 bits per heavy atom. The van der Waals surface area contributed by atoms with Crippen molar-refractivity contribution in [1.82, 2.24) is 4.90 Å². The molecule has 40 heavy (non-hydrogen) atoms. The van der Waals surface area contributed by atoms with E-state index < -0.39 is 43.6 Å². The molecule has 0 spiro atoms. The van der Waals surface area contributed by atoms with Gasteiger partial charge in [-0.25, -0.2) is 12.8 Å². The molecule has 7 atom stereocenters. The number of nitrogens with zero attached hydrogens (tertiary/aromatic N) is 2. The van der Waals surface area contributed by atoms with E-state index in [9.17, 15) is 30.8 Å². The molecular weight excluding hydrogens is 559 g/mol. The van der Waals surface area contributed by atoms with E-state index in [1.54, 1.807) is 17.0 Å². The number of anilines is 2. The molecule has 1 amide bonds. The number of carbonyl (C=O) groups is 2. The molecule has 2 bridgehead atoms. The van der Waals surface area contributed by atoms with Gasteiger partial charge in [-0.1, -0.05) is 12.1 Å². The lowest BCUT2D eigenvalue weighted by atomic mass is 9.57. The van der Waals surface area contributed by atoms with E-state index in [1.165, 1.54) is 24.3 Å². The molecule has 6 aliphatic rings. The van der Waals surface area contributed by atoms with Gasteiger partial charge in [-0.05, 0) is 78.8 Å². The summed E-state index contributed by atoms with van der Waals surface area (Å²) in [6, 6.07) is 9.53. The van der Waals surface area contributed by atoms with Gasteiger partial charge in [-0.3, -0.25) is 14.3 Å². The Bertz CT molecular complexity index is 1710. The quantitative estimate of drug-likeness (QED) is 0.513. The van der Waals surface area contributed by atoms with Gasteiger partial charge in [0.15, 0.2) is 11.7 Å². The van der Waals surface area contributed by atoms with Crippen LogP contribution in [0, 0.1) is 41.3 Å². The molecule has 4 aliphatic carbocycles. The molecule has 2 N–H and O–H groups in total. The molecule has 0 aromatic heterocycles. The zero-order valence-electron chi connectivity index (χ0n) is 21.4. The summed E-state index contributed by atoms with van der Waals surface area (Å²) in [7, 11) is -8.01. The van der Waals surface area contributed by atoms with E-state index in [0.717, 1.165) is 37.1 Å². The predicted molar refractivity (Wildman–Crippen MR) is 144 cm³/mol. The number of carbonyl (C=O) groups excluding carboxylic acids is 2. The molecule has 2 heterocycles. The van der Waals surface area contributed by atoms with Crippen molar-refractivity contribution in [3.8, 4) is 0 Å². The molecule has 13 heteroatoms. The molecule has 5 fully saturated rings. The molecule has 8 rings (SSSR count). The minimum absolute atomic E-state index is 0.0422. The van der Waals surface area contributed by atoms with E-state index in [0.29, 0.717) is 11.8 Å². The fourth-order valence-corrected chi connectivity index (χ4v) is 9.39. The fourth-order valence-electron chi connectivity index (χ4n) is 7.66. The highest BCUT2D eigenvalue weighted by Gasteiger charge is 2.67. The van der Waals surface area contributed by atoms with Crippen molar-refractivity contribution < 1.29 is 30.8 Å². The van der Waals surface area contributed by atoms with Gasteiger partial charge in [0.25, 0.3) is 10.0 Å². The predicted octanol–water partition coefficient (Wildman–Crippen LogP) is 2.60. The minimum Gasteiger partial charge on any atom is -0.341 e. The number of nitrogens with one attached hydrogen (secondary N) is 2. The van der Waals surface area contributed by atoms with Crippen LogP contribution in [0.5, 0.6) is 0 Å². The third-order valence-electron chi connectivity index (χ3n) is 9.18. The summed E-state index contributed by atoms with van der Waals surface area (Å²) >= 11 is 0. The number of hydrogen-bond acceptors (Lipinski definition) is 7. The second-order valence-electron chi connectivity index (χ2n) is 11.6. The number of halogens is 1. The van der Waals surface area contributed by atoms with Gasteiger partial charge in [0.1, 0.15) is 16.5 Å². The summed E-state index contributed by atoms with van der Waals surface area (Å²) < 4.78 is 69.5. The summed E-state index contributed by atoms with van der Waals surface area (Å²) in [5, 5.41) is 2.90. The number of rotatable bonds is 5. The smallest absolute Gasteiger partial charge is 0.286 e. The summed E-state index contributed by atoms with van der Waals surface area (Å²) in [6.45, 7) is 0.182. The van der Waals surface area contributed by atoms with E-state index in [4.69, 9.17) is 0 Å². The Hall–Kier alpha value is -3.32. The van der Waals surface area contributed by atoms with Gasteiger partial charge in [0, 0.05) is 24.2 Å². The van der Waals surface area contributed by atoms with Crippen LogP contribution in [0.3, 0.4) is 0 Å². The second-order valence-corrected chi connectivity index (χ2v) is 14.9. The molecule has 4 saturated carbocycles. The van der Waals surface area contributed by atoms with Crippen molar-refractivity contribution in [3.05, 3.63) is 53.8 Å². The minimum atomic E-state index is -4.36. The number of Topliss-reactive ketones (excluding diaryl/α,β-unsaturated/α-hetero) is 1. The van der Waals surface area contributed by atoms with Crippen LogP contribution in [-0.2, 0) is 36.2 Å². The first-order valence-corrected chi connectivity index (χ1v) is 16.6. The van der Waals surface area contributed by atoms with Crippen LogP contribution in [0.4, 0.5) is 15.8 Å². The van der Waals surface area contributed by atoms with Crippen LogP contribution in [0.25, 0.3) is 0 Å². The van der Waals surface area contributed by atoms with Crippen molar-refractivity contribution in [2.75, 3.05) is 16.3 Å². The van der Waals surface area contributed by atoms with Crippen molar-refractivity contribution >= 4 is 48.9 Å². The van der Waals surface area contributed by atoms with Gasteiger partial charge < -0.3 is 10.2 Å². The van der Waals surface area contributed by atoms with Gasteiger partial charge in [-0.2, -0.15) is 8.42 Å². The first kappa shape index (κ1) is 25.6. The summed E-state index contributed by atoms with van der Waals surface area (Å²) in [4.78, 5) is 29.7. The lowest BCUT2D eigenvalue weighted by Gasteiger charge is -2.55. The number of sulfonamides is 2. The standard InChI is InChI=1S/C27H27FN4O6S2/c1-39(35,36)30-15-6-9-20-21(10-15)40(37,38)31-26(29-20)23-25(33)22-16-7-8-17(19-11-18(16)19)24(22)32(27(23)34)12-13-2-4-14(28)5-3-13/h2-6,9-10,16-19,22-24,30H,7-8,11-12H2,1H3,(H,29,31)/t16?,17?,18?,19?,22-,23?,24+/m1/s1. The number of amidine groups is 1. The number of ketones is 1. The summed E-state index contributed by atoms with van der Waals surface area (Å²) in [6.07, 6.45) is 3.84. The molecular formula is C27H27FN4O6S2. The summed E-state index contributed by atoms with van der Waals surface area (Å²) in [5.74, 6) is -1.99. The number of amides is 1. The first-order chi connectivity index (χ1) is 18.9. The molecule has 0 radical (unpaired) electrons. The Balaban J connectivity index is 1.27. The zero-order chi connectivity index (χ0) is 28.1. The van der Waals surface area contributed by atoms with E-state index in [2.05, 4.69) is 14.4 Å². The Morgan fingerprint density at radius 1 is 1.05 bits per heavy atom. The molecule has 1 saturated heterocycles. The van der Waals surface area contributed by atoms with Gasteiger partial charge in [0.2, 0.25) is 15.9 Å². The summed E-state index contributed by atoms with van der Waals surface area (Å²) in [5.41, 5.74) is 0.864. The van der Waals surface area contributed by atoms with E-state index in [1.807, 2.05) is 0 Å². The Labute approximate surface area is 231 Å². The van der Waals surface area contributed by atoms with Crippen LogP contribution in [0.15, 0.2) is 51.8 Å². The van der Waals surface area contributed by atoms with Crippen LogP contribution < -0.4 is 10.0 Å². The molecule has 2 aliphatic heterocycles. The van der Waals surface area contributed by atoms with Gasteiger partial charge in [-0.15, -0.1) is 4.40 Å². The van der Waals surface area contributed by atoms with E-state index in [-0.39, 0.29) is 52.3 Å². The molecule has 210 valence electrons. The normalized spacial score (nSPS) is 33.3. The average Bonchev–Trinajstić information content (AvgIpc) is 3.70. The van der Waals surface area contributed by atoms with Crippen LogP contribution in [0.1, 0.15) is 24.8 Å². The zero-order valence-corrected chi connectivity index (χ0v) is 23.1. The fraction of sp³-hybridized carbons (Fsp3) is 0.444. The van der Waals surface area contributed by atoms with Crippen LogP contribution >= 0.6 is 0 Å². The van der Waals surface area contributed by atoms with Crippen molar-refractivity contribution in [2.24, 2.45) is 39.9 Å². The van der Waals surface area contributed by atoms with Crippen LogP contribution in [-0.4, -0.2) is 51.6 Å². The number of likely N-dealkylation sites (tertiary alicyclic amines) is 1. The molecule has 10 nitrogen and oxygen atoms in total. The van der Waals surface area contributed by atoms with E-state index >= 15 is 0 Å². The highest BCUT2D eigenvalue weighted by molar-refractivity contribution is 7.92.